The van der Waals surface area contributed by atoms with Gasteiger partial charge in [-0.25, -0.2) is 4.79 Å². The summed E-state index contributed by atoms with van der Waals surface area (Å²) in [6, 6.07) is 2.92. The van der Waals surface area contributed by atoms with Gasteiger partial charge in [0.25, 0.3) is 0 Å². The second-order valence-corrected chi connectivity index (χ2v) is 5.12. The predicted octanol–water partition coefficient (Wildman–Crippen LogP) is 2.41. The number of carbonyl (C=O) groups excluding carboxylic acids is 1. The van der Waals surface area contributed by atoms with Gasteiger partial charge in [-0.15, -0.1) is 0 Å². The molecular formula is C13H21N3O. The number of carbonyl (C=O) groups is 1. The fraction of sp³-hybridized carbons (Fsp3) is 0.846. The number of hydrogen-bond donors (Lipinski definition) is 1. The van der Waals surface area contributed by atoms with Gasteiger partial charge in [0.2, 0.25) is 0 Å². The molecular weight excluding hydrogens is 214 g/mol. The molecule has 4 heteroatoms. The molecule has 0 aromatic heterocycles. The van der Waals surface area contributed by atoms with E-state index in [9.17, 15) is 4.79 Å². The fourth-order valence-corrected chi connectivity index (χ4v) is 2.51. The average molecular weight is 235 g/mol. The molecule has 2 aliphatic rings. The molecule has 0 unspecified atom stereocenters. The van der Waals surface area contributed by atoms with Gasteiger partial charge in [0.15, 0.2) is 0 Å². The lowest BCUT2D eigenvalue weighted by Gasteiger charge is -2.28. The molecule has 0 bridgehead atoms. The molecule has 0 spiro atoms. The maximum atomic E-state index is 12.1. The minimum absolute atomic E-state index is 0.0506. The predicted molar refractivity (Wildman–Crippen MR) is 65.4 cm³/mol. The van der Waals surface area contributed by atoms with Gasteiger partial charge in [-0.05, 0) is 25.7 Å². The van der Waals surface area contributed by atoms with Crippen LogP contribution < -0.4 is 5.32 Å². The van der Waals surface area contributed by atoms with Crippen molar-refractivity contribution < 1.29 is 4.79 Å². The smallest absolute Gasteiger partial charge is 0.317 e. The van der Waals surface area contributed by atoms with Crippen molar-refractivity contribution in [3.63, 3.8) is 0 Å². The van der Waals surface area contributed by atoms with E-state index in [4.69, 9.17) is 5.26 Å². The lowest BCUT2D eigenvalue weighted by Crippen LogP contribution is -2.46. The lowest BCUT2D eigenvalue weighted by molar-refractivity contribution is 0.188. The Morgan fingerprint density at radius 2 is 1.94 bits per heavy atom. The number of rotatable bonds is 4. The van der Waals surface area contributed by atoms with Gasteiger partial charge < -0.3 is 10.2 Å². The molecule has 0 radical (unpaired) electrons. The zero-order valence-corrected chi connectivity index (χ0v) is 10.3. The minimum Gasteiger partial charge on any atom is -0.335 e. The quantitative estimate of drug-likeness (QED) is 0.813. The van der Waals surface area contributed by atoms with E-state index in [0.717, 1.165) is 25.7 Å². The third-order valence-corrected chi connectivity index (χ3v) is 3.65. The Morgan fingerprint density at radius 1 is 1.24 bits per heavy atom. The largest absolute Gasteiger partial charge is 0.335 e. The van der Waals surface area contributed by atoms with Crippen LogP contribution >= 0.6 is 0 Å². The summed E-state index contributed by atoms with van der Waals surface area (Å²) in [5.41, 5.74) is 0. The monoisotopic (exact) mass is 235 g/mol. The van der Waals surface area contributed by atoms with Crippen molar-refractivity contribution in [3.8, 4) is 6.07 Å². The van der Waals surface area contributed by atoms with Crippen molar-refractivity contribution in [1.29, 1.82) is 5.26 Å². The van der Waals surface area contributed by atoms with Crippen molar-refractivity contribution in [2.24, 2.45) is 0 Å². The van der Waals surface area contributed by atoms with E-state index in [-0.39, 0.29) is 6.03 Å². The van der Waals surface area contributed by atoms with Crippen LogP contribution in [0, 0.1) is 11.3 Å². The van der Waals surface area contributed by atoms with Crippen molar-refractivity contribution in [2.45, 2.75) is 63.5 Å². The van der Waals surface area contributed by atoms with Crippen LogP contribution in [-0.4, -0.2) is 29.6 Å². The maximum Gasteiger partial charge on any atom is 0.317 e. The first-order valence-electron chi connectivity index (χ1n) is 6.75. The van der Waals surface area contributed by atoms with Gasteiger partial charge in [0.1, 0.15) is 0 Å². The van der Waals surface area contributed by atoms with E-state index in [1.54, 1.807) is 0 Å². The summed E-state index contributed by atoms with van der Waals surface area (Å²) < 4.78 is 0. The van der Waals surface area contributed by atoms with Crippen molar-refractivity contribution >= 4 is 6.03 Å². The summed E-state index contributed by atoms with van der Waals surface area (Å²) in [7, 11) is 0. The van der Waals surface area contributed by atoms with Crippen LogP contribution in [-0.2, 0) is 0 Å². The van der Waals surface area contributed by atoms with Gasteiger partial charge >= 0.3 is 6.03 Å². The fourth-order valence-electron chi connectivity index (χ4n) is 2.51. The first kappa shape index (κ1) is 12.2. The summed E-state index contributed by atoms with van der Waals surface area (Å²) in [5.74, 6) is 0. The zero-order valence-electron chi connectivity index (χ0n) is 10.3. The minimum atomic E-state index is 0.0506. The Labute approximate surface area is 103 Å². The molecule has 0 heterocycles. The van der Waals surface area contributed by atoms with Crippen LogP contribution in [0.15, 0.2) is 0 Å². The number of nitrogens with zero attached hydrogens (tertiary/aromatic N) is 2. The lowest BCUT2D eigenvalue weighted by atomic mass is 9.96. The molecule has 1 N–H and O–H groups in total. The number of urea groups is 1. The molecule has 0 aromatic rings. The molecule has 0 aromatic carbocycles. The van der Waals surface area contributed by atoms with Gasteiger partial charge in [-0.1, -0.05) is 19.3 Å². The highest BCUT2D eigenvalue weighted by atomic mass is 16.2. The van der Waals surface area contributed by atoms with Gasteiger partial charge in [0.05, 0.1) is 12.5 Å². The highest BCUT2D eigenvalue weighted by Crippen LogP contribution is 2.27. The number of amides is 2. The molecule has 0 atom stereocenters. The highest BCUT2D eigenvalue weighted by molar-refractivity contribution is 5.75. The molecule has 17 heavy (non-hydrogen) atoms. The maximum absolute atomic E-state index is 12.1. The van der Waals surface area contributed by atoms with Crippen molar-refractivity contribution in [3.05, 3.63) is 0 Å². The van der Waals surface area contributed by atoms with Gasteiger partial charge in [-0.3, -0.25) is 0 Å². The molecule has 2 fully saturated rings. The van der Waals surface area contributed by atoms with Gasteiger partial charge in [0, 0.05) is 18.6 Å². The SMILES string of the molecule is N#CCCN(C(=O)NC1CCCCC1)C1CC1. The standard InChI is InChI=1S/C13H21N3O/c14-9-4-10-16(12-7-8-12)13(17)15-11-5-2-1-3-6-11/h11-12H,1-8,10H2,(H,15,17). The Morgan fingerprint density at radius 3 is 2.53 bits per heavy atom. The van der Waals surface area contributed by atoms with E-state index >= 15 is 0 Å². The van der Waals surface area contributed by atoms with Crippen LogP contribution in [0.2, 0.25) is 0 Å². The second kappa shape index (κ2) is 5.90. The van der Waals surface area contributed by atoms with E-state index < -0.39 is 0 Å². The second-order valence-electron chi connectivity index (χ2n) is 5.12. The first-order chi connectivity index (χ1) is 8.31. The van der Waals surface area contributed by atoms with E-state index in [1.165, 1.54) is 19.3 Å². The van der Waals surface area contributed by atoms with Crippen molar-refractivity contribution in [2.75, 3.05) is 6.54 Å². The summed E-state index contributed by atoms with van der Waals surface area (Å²) in [5, 5.41) is 11.7. The van der Waals surface area contributed by atoms with Crippen LogP contribution in [0.4, 0.5) is 4.79 Å². The third kappa shape index (κ3) is 3.62. The Hall–Kier alpha value is -1.24. The molecule has 94 valence electrons. The zero-order chi connectivity index (χ0) is 12.1. The molecule has 4 nitrogen and oxygen atoms in total. The number of nitrogens with one attached hydrogen (secondary N) is 1. The van der Waals surface area contributed by atoms with Crippen LogP contribution in [0.1, 0.15) is 51.4 Å². The topological polar surface area (TPSA) is 56.1 Å². The molecule has 2 amide bonds. The number of hydrogen-bond acceptors (Lipinski definition) is 2. The normalized spacial score (nSPS) is 20.6. The van der Waals surface area contributed by atoms with E-state index in [0.29, 0.717) is 25.0 Å². The van der Waals surface area contributed by atoms with Crippen LogP contribution in [0.25, 0.3) is 0 Å². The Bertz CT molecular complexity index is 300. The molecule has 2 aliphatic carbocycles. The third-order valence-electron chi connectivity index (χ3n) is 3.65. The highest BCUT2D eigenvalue weighted by Gasteiger charge is 2.33. The Balaban J connectivity index is 1.80. The summed E-state index contributed by atoms with van der Waals surface area (Å²) in [4.78, 5) is 14.0. The van der Waals surface area contributed by atoms with Crippen LogP contribution in [0.5, 0.6) is 0 Å². The molecule has 2 rings (SSSR count). The van der Waals surface area contributed by atoms with Crippen LogP contribution in [0.3, 0.4) is 0 Å². The molecule has 0 saturated heterocycles. The van der Waals surface area contributed by atoms with E-state index in [2.05, 4.69) is 11.4 Å². The van der Waals surface area contributed by atoms with E-state index in [1.807, 2.05) is 4.90 Å². The Kier molecular flexibility index (Phi) is 4.24. The molecule has 2 saturated carbocycles. The summed E-state index contributed by atoms with van der Waals surface area (Å²) in [6.45, 7) is 0.583. The first-order valence-corrected chi connectivity index (χ1v) is 6.75. The molecule has 0 aliphatic heterocycles. The average Bonchev–Trinajstić information content (AvgIpc) is 3.15. The summed E-state index contributed by atoms with van der Waals surface area (Å²) >= 11 is 0. The number of nitriles is 1. The van der Waals surface area contributed by atoms with Crippen molar-refractivity contribution in [1.82, 2.24) is 10.2 Å². The van der Waals surface area contributed by atoms with Gasteiger partial charge in [-0.2, -0.15) is 5.26 Å². The summed E-state index contributed by atoms with van der Waals surface area (Å²) in [6.07, 6.45) is 8.62.